The quantitative estimate of drug-likeness (QED) is 0.648. The van der Waals surface area contributed by atoms with Gasteiger partial charge in [0, 0.05) is 28.8 Å². The number of rotatable bonds is 10. The van der Waals surface area contributed by atoms with E-state index < -0.39 is 0 Å². The molecule has 21 heavy (non-hydrogen) atoms. The molecule has 4 heteroatoms. The molecule has 0 aliphatic rings. The van der Waals surface area contributed by atoms with Gasteiger partial charge in [-0.25, -0.2) is 4.39 Å². The SMILES string of the molecule is CCCNC(C)c1c(F)cccc1SCCN(CC)CC. The molecule has 0 aromatic heterocycles. The Morgan fingerprint density at radius 1 is 1.24 bits per heavy atom. The first-order chi connectivity index (χ1) is 10.1. The molecule has 0 saturated heterocycles. The molecule has 0 heterocycles. The fourth-order valence-corrected chi connectivity index (χ4v) is 3.52. The zero-order valence-electron chi connectivity index (χ0n) is 13.8. The summed E-state index contributed by atoms with van der Waals surface area (Å²) in [6, 6.07) is 5.47. The molecule has 0 spiro atoms. The Morgan fingerprint density at radius 2 is 1.95 bits per heavy atom. The third-order valence-electron chi connectivity index (χ3n) is 3.71. The maximum Gasteiger partial charge on any atom is 0.129 e. The van der Waals surface area contributed by atoms with Crippen LogP contribution in [0.3, 0.4) is 0 Å². The number of nitrogens with zero attached hydrogens (tertiary/aromatic N) is 1. The van der Waals surface area contributed by atoms with Gasteiger partial charge in [0.1, 0.15) is 5.82 Å². The minimum Gasteiger partial charge on any atom is -0.310 e. The van der Waals surface area contributed by atoms with Crippen LogP contribution in [0.2, 0.25) is 0 Å². The van der Waals surface area contributed by atoms with Gasteiger partial charge in [-0.05, 0) is 45.1 Å². The van der Waals surface area contributed by atoms with Crippen molar-refractivity contribution in [3.8, 4) is 0 Å². The van der Waals surface area contributed by atoms with Gasteiger partial charge in [-0.2, -0.15) is 0 Å². The average Bonchev–Trinajstić information content (AvgIpc) is 2.49. The summed E-state index contributed by atoms with van der Waals surface area (Å²) in [6.07, 6.45) is 1.06. The maximum absolute atomic E-state index is 14.2. The van der Waals surface area contributed by atoms with Gasteiger partial charge >= 0.3 is 0 Å². The maximum atomic E-state index is 14.2. The summed E-state index contributed by atoms with van der Waals surface area (Å²) in [5.41, 5.74) is 0.815. The monoisotopic (exact) mass is 312 g/mol. The highest BCUT2D eigenvalue weighted by Crippen LogP contribution is 2.29. The van der Waals surface area contributed by atoms with Crippen LogP contribution in [0.15, 0.2) is 23.1 Å². The van der Waals surface area contributed by atoms with Gasteiger partial charge < -0.3 is 10.2 Å². The highest BCUT2D eigenvalue weighted by Gasteiger charge is 2.15. The zero-order valence-corrected chi connectivity index (χ0v) is 14.6. The van der Waals surface area contributed by atoms with Crippen LogP contribution < -0.4 is 5.32 Å². The average molecular weight is 312 g/mol. The first-order valence-corrected chi connectivity index (χ1v) is 8.99. The molecule has 2 nitrogen and oxygen atoms in total. The second kappa shape index (κ2) is 10.2. The van der Waals surface area contributed by atoms with E-state index in [2.05, 4.69) is 31.0 Å². The van der Waals surface area contributed by atoms with Gasteiger partial charge in [-0.15, -0.1) is 11.8 Å². The summed E-state index contributed by atoms with van der Waals surface area (Å²) < 4.78 is 14.2. The second-order valence-corrected chi connectivity index (χ2v) is 6.34. The zero-order chi connectivity index (χ0) is 15.7. The summed E-state index contributed by atoms with van der Waals surface area (Å²) in [7, 11) is 0. The molecule has 0 bridgehead atoms. The smallest absolute Gasteiger partial charge is 0.129 e. The highest BCUT2D eigenvalue weighted by molar-refractivity contribution is 7.99. The van der Waals surface area contributed by atoms with E-state index in [0.717, 1.165) is 48.8 Å². The second-order valence-electron chi connectivity index (χ2n) is 5.20. The predicted octanol–water partition coefficient (Wildman–Crippen LogP) is 4.32. The van der Waals surface area contributed by atoms with Crippen molar-refractivity contribution in [3.05, 3.63) is 29.6 Å². The number of hydrogen-bond donors (Lipinski definition) is 1. The van der Waals surface area contributed by atoms with Crippen molar-refractivity contribution in [2.75, 3.05) is 31.9 Å². The molecular weight excluding hydrogens is 283 g/mol. The van der Waals surface area contributed by atoms with Crippen molar-refractivity contribution in [2.24, 2.45) is 0 Å². The van der Waals surface area contributed by atoms with Gasteiger partial charge in [-0.3, -0.25) is 0 Å². The van der Waals surface area contributed by atoms with Crippen LogP contribution in [-0.4, -0.2) is 36.8 Å². The lowest BCUT2D eigenvalue weighted by molar-refractivity contribution is 0.324. The number of benzene rings is 1. The summed E-state index contributed by atoms with van der Waals surface area (Å²) in [6.45, 7) is 12.6. The number of nitrogens with one attached hydrogen (secondary N) is 1. The molecule has 1 unspecified atom stereocenters. The molecule has 1 aromatic carbocycles. The van der Waals surface area contributed by atoms with Gasteiger partial charge in [-0.1, -0.05) is 26.8 Å². The minimum atomic E-state index is -0.0982. The van der Waals surface area contributed by atoms with Crippen molar-refractivity contribution in [1.82, 2.24) is 10.2 Å². The van der Waals surface area contributed by atoms with Gasteiger partial charge in [0.05, 0.1) is 0 Å². The van der Waals surface area contributed by atoms with Crippen molar-refractivity contribution in [2.45, 2.75) is 45.1 Å². The molecule has 1 aromatic rings. The summed E-state index contributed by atoms with van der Waals surface area (Å²) in [5.74, 6) is 0.900. The van der Waals surface area contributed by atoms with Gasteiger partial charge in [0.2, 0.25) is 0 Å². The molecule has 1 N–H and O–H groups in total. The standard InChI is InChI=1S/C17H29FN2S/c1-5-11-19-14(4)17-15(18)9-8-10-16(17)21-13-12-20(6-2)7-3/h8-10,14,19H,5-7,11-13H2,1-4H3. The van der Waals surface area contributed by atoms with Crippen LogP contribution in [-0.2, 0) is 0 Å². The molecule has 0 aliphatic heterocycles. The topological polar surface area (TPSA) is 15.3 Å². The lowest BCUT2D eigenvalue weighted by atomic mass is 10.1. The molecule has 1 atom stereocenters. The van der Waals surface area contributed by atoms with Crippen molar-refractivity contribution in [1.29, 1.82) is 0 Å². The Kier molecular flexibility index (Phi) is 8.97. The minimum absolute atomic E-state index is 0.0575. The van der Waals surface area contributed by atoms with Crippen LogP contribution in [0.5, 0.6) is 0 Å². The van der Waals surface area contributed by atoms with Crippen LogP contribution in [0.4, 0.5) is 4.39 Å². The van der Waals surface area contributed by atoms with E-state index in [-0.39, 0.29) is 11.9 Å². The largest absolute Gasteiger partial charge is 0.310 e. The Balaban J connectivity index is 2.70. The van der Waals surface area contributed by atoms with Crippen molar-refractivity contribution >= 4 is 11.8 Å². The Bertz CT molecular complexity index is 408. The molecule has 0 saturated carbocycles. The lowest BCUT2D eigenvalue weighted by Gasteiger charge is -2.20. The van der Waals surface area contributed by atoms with E-state index >= 15 is 0 Å². The van der Waals surface area contributed by atoms with Crippen LogP contribution in [0.1, 0.15) is 45.7 Å². The van der Waals surface area contributed by atoms with Gasteiger partial charge in [0.15, 0.2) is 0 Å². The molecule has 0 radical (unpaired) electrons. The summed E-state index contributed by atoms with van der Waals surface area (Å²) in [5, 5.41) is 3.39. The van der Waals surface area contributed by atoms with E-state index in [0.29, 0.717) is 0 Å². The van der Waals surface area contributed by atoms with Crippen molar-refractivity contribution in [3.63, 3.8) is 0 Å². The Labute approximate surface area is 133 Å². The van der Waals surface area contributed by atoms with E-state index in [1.54, 1.807) is 17.8 Å². The number of halogens is 1. The normalized spacial score (nSPS) is 12.9. The molecule has 0 fully saturated rings. The van der Waals surface area contributed by atoms with E-state index in [9.17, 15) is 4.39 Å². The fraction of sp³-hybridized carbons (Fsp3) is 0.647. The van der Waals surface area contributed by atoms with Crippen LogP contribution >= 0.6 is 11.8 Å². The van der Waals surface area contributed by atoms with E-state index in [1.165, 1.54) is 0 Å². The summed E-state index contributed by atoms with van der Waals surface area (Å²) >= 11 is 1.76. The van der Waals surface area contributed by atoms with Crippen LogP contribution in [0, 0.1) is 5.82 Å². The first-order valence-electron chi connectivity index (χ1n) is 8.00. The molecule has 120 valence electrons. The summed E-state index contributed by atoms with van der Waals surface area (Å²) in [4.78, 5) is 3.46. The molecular formula is C17H29FN2S. The van der Waals surface area contributed by atoms with Crippen molar-refractivity contribution < 1.29 is 4.39 Å². The van der Waals surface area contributed by atoms with E-state index in [4.69, 9.17) is 0 Å². The first kappa shape index (κ1) is 18.5. The highest BCUT2D eigenvalue weighted by atomic mass is 32.2. The van der Waals surface area contributed by atoms with E-state index in [1.807, 2.05) is 19.1 Å². The Hall–Kier alpha value is -0.580. The fourth-order valence-electron chi connectivity index (χ4n) is 2.35. The third-order valence-corrected chi connectivity index (χ3v) is 4.76. The molecule has 1 rings (SSSR count). The molecule has 0 aliphatic carbocycles. The third kappa shape index (κ3) is 5.97. The predicted molar refractivity (Wildman–Crippen MR) is 91.6 cm³/mol. The van der Waals surface area contributed by atoms with Gasteiger partial charge in [0.25, 0.3) is 0 Å². The molecule has 0 amide bonds. The lowest BCUT2D eigenvalue weighted by Crippen LogP contribution is -2.25. The van der Waals surface area contributed by atoms with Crippen LogP contribution in [0.25, 0.3) is 0 Å². The Morgan fingerprint density at radius 3 is 2.57 bits per heavy atom. The number of hydrogen-bond acceptors (Lipinski definition) is 3. The number of thioether (sulfide) groups is 1.